The van der Waals surface area contributed by atoms with E-state index in [9.17, 15) is 9.59 Å². The number of rotatable bonds is 3. The Balaban J connectivity index is 2.19. The Morgan fingerprint density at radius 1 is 1.38 bits per heavy atom. The first-order chi connectivity index (χ1) is 11.1. The number of aromatic nitrogens is 2. The maximum absolute atomic E-state index is 12.3. The summed E-state index contributed by atoms with van der Waals surface area (Å²) in [6.07, 6.45) is 0.267. The zero-order chi connectivity index (χ0) is 18.1. The van der Waals surface area contributed by atoms with Crippen molar-refractivity contribution in [1.82, 2.24) is 14.7 Å². The molecule has 8 heteroatoms. The van der Waals surface area contributed by atoms with Gasteiger partial charge in [0.25, 0.3) is 0 Å². The van der Waals surface area contributed by atoms with E-state index in [2.05, 4.69) is 21.0 Å². The molecule has 2 rings (SSSR count). The third-order valence-corrected chi connectivity index (χ3v) is 4.32. The summed E-state index contributed by atoms with van der Waals surface area (Å²) in [7, 11) is 0. The van der Waals surface area contributed by atoms with Crippen LogP contribution in [-0.2, 0) is 27.2 Å². The van der Waals surface area contributed by atoms with Crippen LogP contribution < -0.4 is 0 Å². The Bertz CT molecular complexity index is 636. The normalized spacial score (nSPS) is 15.7. The smallest absolute Gasteiger partial charge is 0.410 e. The Hall–Kier alpha value is -1.57. The van der Waals surface area contributed by atoms with E-state index >= 15 is 0 Å². The molecule has 24 heavy (non-hydrogen) atoms. The average Bonchev–Trinajstić information content (AvgIpc) is 2.81. The molecule has 0 N–H and O–H groups in total. The molecule has 134 valence electrons. The highest BCUT2D eigenvalue weighted by Gasteiger charge is 2.32. The number of ether oxygens (including phenoxy) is 2. The molecule has 1 aliphatic rings. The lowest BCUT2D eigenvalue weighted by atomic mass is 10.1. The van der Waals surface area contributed by atoms with Crippen LogP contribution in [0.3, 0.4) is 0 Å². The second kappa shape index (κ2) is 7.13. The van der Waals surface area contributed by atoms with E-state index in [-0.39, 0.29) is 12.1 Å². The third-order valence-electron chi connectivity index (χ3n) is 3.68. The van der Waals surface area contributed by atoms with Gasteiger partial charge in [-0.3, -0.25) is 4.68 Å². The number of hydrogen-bond acceptors (Lipinski definition) is 5. The quantitative estimate of drug-likeness (QED) is 0.727. The van der Waals surface area contributed by atoms with Crippen LogP contribution in [0, 0.1) is 0 Å². The number of carbonyl (C=O) groups excluding carboxylic acids is 2. The SMILES string of the molecule is CCOC(=O)C(C)n1nc(Br)c2c1CCN(C(=O)OC(C)(C)C)C2. The molecular weight excluding hydrogens is 378 g/mol. The van der Waals surface area contributed by atoms with Gasteiger partial charge < -0.3 is 14.4 Å². The van der Waals surface area contributed by atoms with Crippen molar-refractivity contribution < 1.29 is 19.1 Å². The van der Waals surface area contributed by atoms with Crippen LogP contribution in [0.15, 0.2) is 4.60 Å². The highest BCUT2D eigenvalue weighted by Crippen LogP contribution is 2.29. The topological polar surface area (TPSA) is 73.7 Å². The number of hydrogen-bond donors (Lipinski definition) is 0. The van der Waals surface area contributed by atoms with Crippen LogP contribution in [0.5, 0.6) is 0 Å². The van der Waals surface area contributed by atoms with Crippen molar-refractivity contribution in [3.05, 3.63) is 15.9 Å². The fraction of sp³-hybridized carbons (Fsp3) is 0.688. The number of esters is 1. The molecule has 1 atom stereocenters. The van der Waals surface area contributed by atoms with Crippen LogP contribution in [0.1, 0.15) is 51.9 Å². The van der Waals surface area contributed by atoms with E-state index in [1.54, 1.807) is 23.4 Å². The number of amides is 1. The summed E-state index contributed by atoms with van der Waals surface area (Å²) in [6.45, 7) is 10.3. The van der Waals surface area contributed by atoms with Crippen LogP contribution in [-0.4, -0.2) is 45.5 Å². The summed E-state index contributed by atoms with van der Waals surface area (Å²) in [5.41, 5.74) is 1.32. The van der Waals surface area contributed by atoms with Crippen molar-refractivity contribution in [3.63, 3.8) is 0 Å². The highest BCUT2D eigenvalue weighted by molar-refractivity contribution is 9.10. The van der Waals surface area contributed by atoms with Gasteiger partial charge in [0.1, 0.15) is 16.2 Å². The largest absolute Gasteiger partial charge is 0.464 e. The van der Waals surface area contributed by atoms with Gasteiger partial charge in [-0.2, -0.15) is 5.10 Å². The van der Waals surface area contributed by atoms with Crippen molar-refractivity contribution in [2.45, 2.75) is 59.2 Å². The molecule has 0 saturated heterocycles. The first-order valence-electron chi connectivity index (χ1n) is 8.04. The van der Waals surface area contributed by atoms with Gasteiger partial charge in [0.15, 0.2) is 0 Å². The predicted molar refractivity (Wildman–Crippen MR) is 91.6 cm³/mol. The van der Waals surface area contributed by atoms with E-state index < -0.39 is 11.6 Å². The highest BCUT2D eigenvalue weighted by atomic mass is 79.9. The molecule has 0 bridgehead atoms. The molecule has 1 aromatic rings. The van der Waals surface area contributed by atoms with Gasteiger partial charge in [-0.15, -0.1) is 0 Å². The maximum Gasteiger partial charge on any atom is 0.410 e. The summed E-state index contributed by atoms with van der Waals surface area (Å²) >= 11 is 3.43. The second-order valence-corrected chi connectivity index (χ2v) is 7.49. The van der Waals surface area contributed by atoms with Crippen LogP contribution >= 0.6 is 15.9 Å². The minimum Gasteiger partial charge on any atom is -0.464 e. The Morgan fingerprint density at radius 3 is 2.62 bits per heavy atom. The molecule has 0 saturated carbocycles. The zero-order valence-electron chi connectivity index (χ0n) is 14.8. The first-order valence-corrected chi connectivity index (χ1v) is 8.83. The van der Waals surface area contributed by atoms with Gasteiger partial charge in [-0.25, -0.2) is 9.59 Å². The lowest BCUT2D eigenvalue weighted by Crippen LogP contribution is -2.40. The maximum atomic E-state index is 12.3. The average molecular weight is 402 g/mol. The molecule has 0 spiro atoms. The van der Waals surface area contributed by atoms with Crippen molar-refractivity contribution in [2.75, 3.05) is 13.2 Å². The van der Waals surface area contributed by atoms with Gasteiger partial charge in [0.2, 0.25) is 0 Å². The number of fused-ring (bicyclic) bond motifs is 1. The minimum absolute atomic E-state index is 0.315. The van der Waals surface area contributed by atoms with Gasteiger partial charge >= 0.3 is 12.1 Å². The van der Waals surface area contributed by atoms with E-state index in [0.29, 0.717) is 30.7 Å². The first kappa shape index (κ1) is 18.8. The molecule has 0 aliphatic carbocycles. The standard InChI is InChI=1S/C16H24BrN3O4/c1-6-23-14(21)10(2)20-12-7-8-19(9-11(12)13(17)18-20)15(22)24-16(3,4)5/h10H,6-9H2,1-5H3. The fourth-order valence-corrected chi connectivity index (χ4v) is 3.10. The molecule has 1 amide bonds. The molecule has 0 fully saturated rings. The predicted octanol–water partition coefficient (Wildman–Crippen LogP) is 3.06. The zero-order valence-corrected chi connectivity index (χ0v) is 16.3. The van der Waals surface area contributed by atoms with Gasteiger partial charge in [-0.1, -0.05) is 0 Å². The second-order valence-electron chi connectivity index (χ2n) is 6.74. The molecule has 1 unspecified atom stereocenters. The molecule has 2 heterocycles. The molecule has 1 aromatic heterocycles. The Morgan fingerprint density at radius 2 is 2.04 bits per heavy atom. The summed E-state index contributed by atoms with van der Waals surface area (Å²) in [5.74, 6) is -0.315. The molecule has 1 aliphatic heterocycles. The minimum atomic E-state index is -0.531. The van der Waals surface area contributed by atoms with Crippen LogP contribution in [0.2, 0.25) is 0 Å². The fourth-order valence-electron chi connectivity index (χ4n) is 2.57. The molecular formula is C16H24BrN3O4. The van der Waals surface area contributed by atoms with Crippen molar-refractivity contribution in [2.24, 2.45) is 0 Å². The van der Waals surface area contributed by atoms with E-state index in [4.69, 9.17) is 9.47 Å². The molecule has 0 aromatic carbocycles. The number of halogens is 1. The van der Waals surface area contributed by atoms with Gasteiger partial charge in [0, 0.05) is 24.2 Å². The monoisotopic (exact) mass is 401 g/mol. The summed E-state index contributed by atoms with van der Waals surface area (Å²) in [5, 5.41) is 4.42. The van der Waals surface area contributed by atoms with Crippen molar-refractivity contribution in [1.29, 1.82) is 0 Å². The number of carbonyl (C=O) groups is 2. The van der Waals surface area contributed by atoms with Gasteiger partial charge in [0.05, 0.1) is 13.2 Å². The lowest BCUT2D eigenvalue weighted by molar-refractivity contribution is -0.146. The number of nitrogens with zero attached hydrogens (tertiary/aromatic N) is 3. The van der Waals surface area contributed by atoms with Crippen molar-refractivity contribution >= 4 is 28.0 Å². The van der Waals surface area contributed by atoms with E-state index in [1.165, 1.54) is 0 Å². The molecule has 0 radical (unpaired) electrons. The lowest BCUT2D eigenvalue weighted by Gasteiger charge is -2.30. The third kappa shape index (κ3) is 4.09. The Kier molecular flexibility index (Phi) is 5.57. The summed E-state index contributed by atoms with van der Waals surface area (Å²) in [6, 6.07) is -0.502. The van der Waals surface area contributed by atoms with E-state index in [1.807, 2.05) is 20.8 Å². The molecule has 7 nitrogen and oxygen atoms in total. The van der Waals surface area contributed by atoms with Gasteiger partial charge in [-0.05, 0) is 50.5 Å². The summed E-state index contributed by atoms with van der Waals surface area (Å²) in [4.78, 5) is 25.9. The van der Waals surface area contributed by atoms with Crippen LogP contribution in [0.4, 0.5) is 4.79 Å². The van der Waals surface area contributed by atoms with Crippen LogP contribution in [0.25, 0.3) is 0 Å². The van der Waals surface area contributed by atoms with E-state index in [0.717, 1.165) is 11.3 Å². The van der Waals surface area contributed by atoms with Crippen molar-refractivity contribution in [3.8, 4) is 0 Å². The Labute approximate surface area is 150 Å². The summed E-state index contributed by atoms with van der Waals surface area (Å²) < 4.78 is 12.8.